The number of methoxy groups -OCH3 is 2. The van der Waals surface area contributed by atoms with E-state index in [0.29, 0.717) is 23.5 Å². The third kappa shape index (κ3) is 3.70. The second kappa shape index (κ2) is 6.54. The van der Waals surface area contributed by atoms with E-state index in [1.54, 1.807) is 26.4 Å². The Labute approximate surface area is 122 Å². The second-order valence-electron chi connectivity index (χ2n) is 4.70. The van der Waals surface area contributed by atoms with Crippen molar-refractivity contribution < 1.29 is 18.3 Å². The average Bonchev–Trinajstić information content (AvgIpc) is 2.46. The van der Waals surface area contributed by atoms with Gasteiger partial charge in [0.05, 0.1) is 14.2 Å². The Morgan fingerprint density at radius 3 is 2.14 bits per heavy atom. The van der Waals surface area contributed by atoms with Gasteiger partial charge in [-0.1, -0.05) is 6.07 Å². The molecule has 0 bridgehead atoms. The summed E-state index contributed by atoms with van der Waals surface area (Å²) in [5.41, 5.74) is 7.33. The zero-order chi connectivity index (χ0) is 15.4. The molecule has 0 aliphatic heterocycles. The van der Waals surface area contributed by atoms with E-state index in [0.717, 1.165) is 11.6 Å². The molecule has 112 valence electrons. The van der Waals surface area contributed by atoms with E-state index in [-0.39, 0.29) is 0 Å². The Bertz CT molecular complexity index is 611. The van der Waals surface area contributed by atoms with E-state index in [4.69, 9.17) is 15.2 Å². The minimum Gasteiger partial charge on any atom is -0.493 e. The standard InChI is InChI=1S/C16H17F2NO2/c1-20-15-4-3-10(6-16(15)21-2)5-14(19)11-7-12(17)9-13(18)8-11/h3-4,6-9,14H,5,19H2,1-2H3. The molecule has 0 aliphatic carbocycles. The van der Waals surface area contributed by atoms with Crippen molar-refractivity contribution in [2.45, 2.75) is 12.5 Å². The number of hydrogen-bond donors (Lipinski definition) is 1. The maximum atomic E-state index is 13.2. The summed E-state index contributed by atoms with van der Waals surface area (Å²) in [6.45, 7) is 0. The normalized spacial score (nSPS) is 12.0. The number of hydrogen-bond acceptors (Lipinski definition) is 3. The molecular weight excluding hydrogens is 276 g/mol. The molecule has 21 heavy (non-hydrogen) atoms. The fraction of sp³-hybridized carbons (Fsp3) is 0.250. The molecule has 2 aromatic carbocycles. The van der Waals surface area contributed by atoms with E-state index < -0.39 is 17.7 Å². The molecule has 0 saturated heterocycles. The monoisotopic (exact) mass is 293 g/mol. The molecular formula is C16H17F2NO2. The van der Waals surface area contributed by atoms with Gasteiger partial charge >= 0.3 is 0 Å². The zero-order valence-corrected chi connectivity index (χ0v) is 11.9. The Kier molecular flexibility index (Phi) is 4.75. The summed E-state index contributed by atoms with van der Waals surface area (Å²) in [6, 6.07) is 8.22. The van der Waals surface area contributed by atoms with Crippen LogP contribution in [0.3, 0.4) is 0 Å². The fourth-order valence-electron chi connectivity index (χ4n) is 2.17. The van der Waals surface area contributed by atoms with Crippen LogP contribution in [0.5, 0.6) is 11.5 Å². The van der Waals surface area contributed by atoms with Crippen LogP contribution in [-0.4, -0.2) is 14.2 Å². The molecule has 1 atom stereocenters. The Hall–Kier alpha value is -2.14. The van der Waals surface area contributed by atoms with Gasteiger partial charge in [0, 0.05) is 12.1 Å². The van der Waals surface area contributed by atoms with Crippen LogP contribution in [0.1, 0.15) is 17.2 Å². The number of halogens is 2. The first-order valence-electron chi connectivity index (χ1n) is 6.46. The van der Waals surface area contributed by atoms with Crippen LogP contribution in [0, 0.1) is 11.6 Å². The summed E-state index contributed by atoms with van der Waals surface area (Å²) in [5, 5.41) is 0. The maximum Gasteiger partial charge on any atom is 0.160 e. The van der Waals surface area contributed by atoms with Crippen molar-refractivity contribution in [2.75, 3.05) is 14.2 Å². The molecule has 2 N–H and O–H groups in total. The zero-order valence-electron chi connectivity index (χ0n) is 11.9. The van der Waals surface area contributed by atoms with Crippen LogP contribution in [-0.2, 0) is 6.42 Å². The summed E-state index contributed by atoms with van der Waals surface area (Å²) in [5.74, 6) is -0.0558. The van der Waals surface area contributed by atoms with E-state index in [2.05, 4.69) is 0 Å². The summed E-state index contributed by atoms with van der Waals surface area (Å²) >= 11 is 0. The van der Waals surface area contributed by atoms with Crippen molar-refractivity contribution in [3.63, 3.8) is 0 Å². The Balaban J connectivity index is 2.20. The van der Waals surface area contributed by atoms with Crippen LogP contribution in [0.4, 0.5) is 8.78 Å². The fourth-order valence-corrected chi connectivity index (χ4v) is 2.17. The first-order chi connectivity index (χ1) is 10.0. The average molecular weight is 293 g/mol. The van der Waals surface area contributed by atoms with E-state index in [1.165, 1.54) is 12.1 Å². The van der Waals surface area contributed by atoms with E-state index in [1.807, 2.05) is 6.07 Å². The molecule has 5 heteroatoms. The molecule has 0 saturated carbocycles. The van der Waals surface area contributed by atoms with E-state index in [9.17, 15) is 8.78 Å². The molecule has 0 aromatic heterocycles. The minimum atomic E-state index is -0.632. The van der Waals surface area contributed by atoms with Gasteiger partial charge in [-0.25, -0.2) is 8.78 Å². The number of ether oxygens (including phenoxy) is 2. The van der Waals surface area contributed by atoms with Gasteiger partial charge in [-0.2, -0.15) is 0 Å². The van der Waals surface area contributed by atoms with Crippen LogP contribution < -0.4 is 15.2 Å². The third-order valence-corrected chi connectivity index (χ3v) is 3.22. The summed E-state index contributed by atoms with van der Waals surface area (Å²) in [7, 11) is 3.10. The van der Waals surface area contributed by atoms with Crippen molar-refractivity contribution in [1.82, 2.24) is 0 Å². The first kappa shape index (κ1) is 15.3. The van der Waals surface area contributed by atoms with Gasteiger partial charge < -0.3 is 15.2 Å². The quantitative estimate of drug-likeness (QED) is 0.920. The third-order valence-electron chi connectivity index (χ3n) is 3.22. The lowest BCUT2D eigenvalue weighted by Gasteiger charge is -2.14. The van der Waals surface area contributed by atoms with Crippen molar-refractivity contribution in [1.29, 1.82) is 0 Å². The lowest BCUT2D eigenvalue weighted by Crippen LogP contribution is -2.14. The van der Waals surface area contributed by atoms with Gasteiger partial charge in [-0.15, -0.1) is 0 Å². The first-order valence-corrected chi connectivity index (χ1v) is 6.46. The van der Waals surface area contributed by atoms with Crippen LogP contribution in [0.2, 0.25) is 0 Å². The van der Waals surface area contributed by atoms with Crippen LogP contribution >= 0.6 is 0 Å². The summed E-state index contributed by atoms with van der Waals surface area (Å²) in [4.78, 5) is 0. The number of rotatable bonds is 5. The Morgan fingerprint density at radius 1 is 0.952 bits per heavy atom. The van der Waals surface area contributed by atoms with Gasteiger partial charge in [-0.05, 0) is 41.8 Å². The predicted octanol–water partition coefficient (Wildman–Crippen LogP) is 3.22. The van der Waals surface area contributed by atoms with Crippen molar-refractivity contribution in [3.8, 4) is 11.5 Å². The van der Waals surface area contributed by atoms with Crippen molar-refractivity contribution >= 4 is 0 Å². The largest absolute Gasteiger partial charge is 0.493 e. The van der Waals surface area contributed by atoms with Gasteiger partial charge in [0.15, 0.2) is 11.5 Å². The molecule has 3 nitrogen and oxygen atoms in total. The van der Waals surface area contributed by atoms with Gasteiger partial charge in [-0.3, -0.25) is 0 Å². The molecule has 0 radical (unpaired) electrons. The van der Waals surface area contributed by atoms with Crippen LogP contribution in [0.25, 0.3) is 0 Å². The second-order valence-corrected chi connectivity index (χ2v) is 4.70. The summed E-state index contributed by atoms with van der Waals surface area (Å²) < 4.78 is 36.8. The van der Waals surface area contributed by atoms with Gasteiger partial charge in [0.2, 0.25) is 0 Å². The molecule has 2 aromatic rings. The highest BCUT2D eigenvalue weighted by Crippen LogP contribution is 2.29. The number of benzene rings is 2. The molecule has 0 amide bonds. The highest BCUT2D eigenvalue weighted by Gasteiger charge is 2.12. The highest BCUT2D eigenvalue weighted by molar-refractivity contribution is 5.43. The summed E-state index contributed by atoms with van der Waals surface area (Å²) in [6.07, 6.45) is 0.434. The molecule has 0 fully saturated rings. The SMILES string of the molecule is COc1ccc(CC(N)c2cc(F)cc(F)c2)cc1OC. The lowest BCUT2D eigenvalue weighted by molar-refractivity contribution is 0.354. The number of nitrogens with two attached hydrogens (primary N) is 1. The maximum absolute atomic E-state index is 13.2. The van der Waals surface area contributed by atoms with Crippen molar-refractivity contribution in [3.05, 3.63) is 59.2 Å². The molecule has 0 heterocycles. The molecule has 2 rings (SSSR count). The van der Waals surface area contributed by atoms with E-state index >= 15 is 0 Å². The highest BCUT2D eigenvalue weighted by atomic mass is 19.1. The Morgan fingerprint density at radius 2 is 1.57 bits per heavy atom. The van der Waals surface area contributed by atoms with Crippen molar-refractivity contribution in [2.24, 2.45) is 5.73 Å². The topological polar surface area (TPSA) is 44.5 Å². The molecule has 0 aliphatic rings. The lowest BCUT2D eigenvalue weighted by atomic mass is 9.99. The smallest absolute Gasteiger partial charge is 0.160 e. The van der Waals surface area contributed by atoms with Crippen LogP contribution in [0.15, 0.2) is 36.4 Å². The predicted molar refractivity (Wildman–Crippen MR) is 76.5 cm³/mol. The van der Waals surface area contributed by atoms with Gasteiger partial charge in [0.25, 0.3) is 0 Å². The molecule has 0 spiro atoms. The molecule has 1 unspecified atom stereocenters. The van der Waals surface area contributed by atoms with Gasteiger partial charge in [0.1, 0.15) is 11.6 Å². The minimum absolute atomic E-state index is 0.419.